The fourth-order valence-electron chi connectivity index (χ4n) is 0.516. The number of halogens is 1. The molecule has 0 aromatic carbocycles. The molecule has 8 heavy (non-hydrogen) atoms. The summed E-state index contributed by atoms with van der Waals surface area (Å²) < 4.78 is 31.2. The van der Waals surface area contributed by atoms with Crippen molar-refractivity contribution in [3.8, 4) is 0 Å². The molecule has 0 spiro atoms. The number of hydrogen-bond acceptors (Lipinski definition) is 1. The van der Waals surface area contributed by atoms with E-state index in [9.17, 15) is 8.60 Å². The maximum absolute atomic E-state index is 11.8. The Morgan fingerprint density at radius 2 is 2.25 bits per heavy atom. The standard InChI is InChI=1S/C3H6FNO2S/c4-3-1-5(2-3)8(6)7/h3H,1-2H2,(H,6,7). The van der Waals surface area contributed by atoms with Gasteiger partial charge < -0.3 is 0 Å². The number of rotatable bonds is 1. The zero-order valence-electron chi connectivity index (χ0n) is 4.08. The third kappa shape index (κ3) is 1.04. The molecule has 0 aliphatic carbocycles. The first-order chi connectivity index (χ1) is 3.70. The van der Waals surface area contributed by atoms with Gasteiger partial charge in [-0.25, -0.2) is 8.60 Å². The van der Waals surface area contributed by atoms with Crippen molar-refractivity contribution < 1.29 is 13.2 Å². The van der Waals surface area contributed by atoms with Gasteiger partial charge in [0, 0.05) is 13.1 Å². The second-order valence-electron chi connectivity index (χ2n) is 1.67. The van der Waals surface area contributed by atoms with E-state index in [1.807, 2.05) is 0 Å². The monoisotopic (exact) mass is 139 g/mol. The van der Waals surface area contributed by atoms with Crippen LogP contribution in [0.1, 0.15) is 0 Å². The first-order valence-corrected chi connectivity index (χ1v) is 3.26. The van der Waals surface area contributed by atoms with Crippen molar-refractivity contribution in [2.45, 2.75) is 6.17 Å². The SMILES string of the molecule is O=S(O)N1CC(F)C1. The molecular formula is C3H6FNO2S. The van der Waals surface area contributed by atoms with Crippen LogP contribution < -0.4 is 0 Å². The highest BCUT2D eigenvalue weighted by molar-refractivity contribution is 7.76. The molecule has 0 aromatic heterocycles. The molecule has 0 saturated carbocycles. The van der Waals surface area contributed by atoms with E-state index in [1.165, 1.54) is 0 Å². The molecule has 48 valence electrons. The Balaban J connectivity index is 2.25. The lowest BCUT2D eigenvalue weighted by Gasteiger charge is -2.29. The third-order valence-corrected chi connectivity index (χ3v) is 1.76. The van der Waals surface area contributed by atoms with Crippen LogP contribution in [0, 0.1) is 0 Å². The van der Waals surface area contributed by atoms with Gasteiger partial charge in [0.05, 0.1) is 0 Å². The van der Waals surface area contributed by atoms with Gasteiger partial charge in [-0.15, -0.1) is 0 Å². The number of alkyl halides is 1. The van der Waals surface area contributed by atoms with Crippen LogP contribution >= 0.6 is 0 Å². The Morgan fingerprint density at radius 3 is 2.38 bits per heavy atom. The quantitative estimate of drug-likeness (QED) is 0.510. The average Bonchev–Trinajstić information content (AvgIpc) is 1.57. The normalized spacial score (nSPS) is 27.2. The third-order valence-electron chi connectivity index (χ3n) is 1.02. The first kappa shape index (κ1) is 6.12. The maximum Gasteiger partial charge on any atom is 0.234 e. The molecule has 0 radical (unpaired) electrons. The van der Waals surface area contributed by atoms with Crippen molar-refractivity contribution in [1.82, 2.24) is 4.31 Å². The summed E-state index contributed by atoms with van der Waals surface area (Å²) in [5.41, 5.74) is 0. The van der Waals surface area contributed by atoms with Gasteiger partial charge in [-0.05, 0) is 0 Å². The molecule has 1 fully saturated rings. The van der Waals surface area contributed by atoms with Crippen molar-refractivity contribution in [2.24, 2.45) is 0 Å². The molecule has 5 heteroatoms. The van der Waals surface area contributed by atoms with Gasteiger partial charge in [-0.2, -0.15) is 4.31 Å². The molecule has 1 saturated heterocycles. The highest BCUT2D eigenvalue weighted by Crippen LogP contribution is 2.11. The average molecular weight is 139 g/mol. The predicted molar refractivity (Wildman–Crippen MR) is 27.2 cm³/mol. The van der Waals surface area contributed by atoms with Crippen molar-refractivity contribution in [3.63, 3.8) is 0 Å². The van der Waals surface area contributed by atoms with E-state index in [1.54, 1.807) is 0 Å². The van der Waals surface area contributed by atoms with E-state index in [4.69, 9.17) is 4.55 Å². The van der Waals surface area contributed by atoms with Gasteiger partial charge in [0.1, 0.15) is 6.17 Å². The van der Waals surface area contributed by atoms with Crippen LogP contribution in [0.5, 0.6) is 0 Å². The second kappa shape index (κ2) is 2.08. The Hall–Kier alpha value is -0.0000000000000000555. The van der Waals surface area contributed by atoms with Crippen molar-refractivity contribution in [1.29, 1.82) is 0 Å². The van der Waals surface area contributed by atoms with E-state index in [2.05, 4.69) is 0 Å². The molecule has 0 aromatic rings. The molecule has 1 aliphatic heterocycles. The first-order valence-electron chi connectivity index (χ1n) is 2.20. The van der Waals surface area contributed by atoms with Crippen molar-refractivity contribution in [2.75, 3.05) is 13.1 Å². The maximum atomic E-state index is 11.8. The Morgan fingerprint density at radius 1 is 1.75 bits per heavy atom. The molecular weight excluding hydrogens is 133 g/mol. The van der Waals surface area contributed by atoms with Gasteiger partial charge >= 0.3 is 0 Å². The Bertz CT molecular complexity index is 114. The fourth-order valence-corrected chi connectivity index (χ4v) is 1.09. The zero-order valence-corrected chi connectivity index (χ0v) is 4.90. The van der Waals surface area contributed by atoms with Crippen molar-refractivity contribution >= 4 is 11.3 Å². The second-order valence-corrected chi connectivity index (χ2v) is 2.65. The van der Waals surface area contributed by atoms with Gasteiger partial charge in [0.2, 0.25) is 11.3 Å². The summed E-state index contributed by atoms with van der Waals surface area (Å²) in [5, 5.41) is 0. The van der Waals surface area contributed by atoms with Crippen LogP contribution in [0.4, 0.5) is 4.39 Å². The van der Waals surface area contributed by atoms with Crippen LogP contribution in [0.15, 0.2) is 0 Å². The van der Waals surface area contributed by atoms with E-state index in [-0.39, 0.29) is 13.1 Å². The molecule has 0 amide bonds. The van der Waals surface area contributed by atoms with Gasteiger partial charge in [-0.1, -0.05) is 0 Å². The van der Waals surface area contributed by atoms with Crippen LogP contribution in [0.25, 0.3) is 0 Å². The summed E-state index contributed by atoms with van der Waals surface area (Å²) in [5.74, 6) is 0. The lowest BCUT2D eigenvalue weighted by molar-refractivity contribution is 0.139. The van der Waals surface area contributed by atoms with Crippen LogP contribution in [-0.2, 0) is 11.3 Å². The predicted octanol–water partition coefficient (Wildman–Crippen LogP) is -0.223. The summed E-state index contributed by atoms with van der Waals surface area (Å²) in [6.07, 6.45) is -0.897. The van der Waals surface area contributed by atoms with Gasteiger partial charge in [-0.3, -0.25) is 4.55 Å². The molecule has 3 nitrogen and oxygen atoms in total. The van der Waals surface area contributed by atoms with E-state index >= 15 is 0 Å². The van der Waals surface area contributed by atoms with E-state index in [0.717, 1.165) is 4.31 Å². The largest absolute Gasteiger partial charge is 0.294 e. The lowest BCUT2D eigenvalue weighted by Crippen LogP contribution is -2.48. The molecule has 0 bridgehead atoms. The van der Waals surface area contributed by atoms with Gasteiger partial charge in [0.25, 0.3) is 0 Å². The molecule has 1 aliphatic rings. The Labute approximate surface area is 48.9 Å². The minimum atomic E-state index is -1.95. The number of nitrogens with zero attached hydrogens (tertiary/aromatic N) is 1. The lowest BCUT2D eigenvalue weighted by atomic mass is 10.3. The summed E-state index contributed by atoms with van der Waals surface area (Å²) in [6, 6.07) is 0. The highest BCUT2D eigenvalue weighted by Gasteiger charge is 2.29. The van der Waals surface area contributed by atoms with Crippen LogP contribution in [0.3, 0.4) is 0 Å². The van der Waals surface area contributed by atoms with Gasteiger partial charge in [0.15, 0.2) is 0 Å². The van der Waals surface area contributed by atoms with Crippen molar-refractivity contribution in [3.05, 3.63) is 0 Å². The summed E-state index contributed by atoms with van der Waals surface area (Å²) in [7, 11) is 0. The van der Waals surface area contributed by atoms with Crippen LogP contribution in [0.2, 0.25) is 0 Å². The number of hydrogen-bond donors (Lipinski definition) is 1. The summed E-state index contributed by atoms with van der Waals surface area (Å²) in [6.45, 7) is 0.201. The molecule has 1 N–H and O–H groups in total. The molecule has 1 atom stereocenters. The smallest absolute Gasteiger partial charge is 0.234 e. The van der Waals surface area contributed by atoms with E-state index in [0.29, 0.717) is 0 Å². The van der Waals surface area contributed by atoms with E-state index < -0.39 is 17.4 Å². The summed E-state index contributed by atoms with van der Waals surface area (Å²) in [4.78, 5) is 0. The minimum Gasteiger partial charge on any atom is -0.294 e. The minimum absolute atomic E-state index is 0.100. The molecule has 1 rings (SSSR count). The van der Waals surface area contributed by atoms with Crippen LogP contribution in [-0.4, -0.2) is 32.3 Å². The molecule has 1 heterocycles. The summed E-state index contributed by atoms with van der Waals surface area (Å²) >= 11 is -1.95. The molecule has 1 unspecified atom stereocenters. The fraction of sp³-hybridized carbons (Fsp3) is 1.00. The Kier molecular flexibility index (Phi) is 1.59. The topological polar surface area (TPSA) is 40.5 Å². The highest BCUT2D eigenvalue weighted by atomic mass is 32.2. The zero-order chi connectivity index (χ0) is 6.15.